The predicted molar refractivity (Wildman–Crippen MR) is 162 cm³/mol. The lowest BCUT2D eigenvalue weighted by atomic mass is 9.90. The number of carbonyl (C=O) groups excluding carboxylic acids is 1. The summed E-state index contributed by atoms with van der Waals surface area (Å²) in [6.07, 6.45) is 3.94. The Morgan fingerprint density at radius 3 is 2.24 bits per heavy atom. The Morgan fingerprint density at radius 2 is 1.62 bits per heavy atom. The van der Waals surface area contributed by atoms with E-state index in [4.69, 9.17) is 10.8 Å². The number of rotatable bonds is 7. The lowest BCUT2D eigenvalue weighted by molar-refractivity contribution is -0.121. The fraction of sp³-hybridized carbons (Fsp3) is 0.182. The second-order valence-corrected chi connectivity index (χ2v) is 11.0. The monoisotopic (exact) mass is 560 g/mol. The molecule has 0 spiro atoms. The summed E-state index contributed by atoms with van der Waals surface area (Å²) in [6, 6.07) is 25.1. The van der Waals surface area contributed by atoms with Gasteiger partial charge in [-0.05, 0) is 61.7 Å². The van der Waals surface area contributed by atoms with Crippen molar-refractivity contribution in [1.29, 1.82) is 0 Å². The Balaban J connectivity index is 1.65. The van der Waals surface area contributed by atoms with Crippen LogP contribution < -0.4 is 11.3 Å². The van der Waals surface area contributed by atoms with Gasteiger partial charge in [-0.3, -0.25) is 25.1 Å². The quantitative estimate of drug-likeness (QED) is 0.131. The Kier molecular flexibility index (Phi) is 7.95. The van der Waals surface area contributed by atoms with Crippen LogP contribution in [0.25, 0.3) is 33.3 Å². The van der Waals surface area contributed by atoms with Crippen LogP contribution in [0.15, 0.2) is 97.5 Å². The van der Waals surface area contributed by atoms with Crippen molar-refractivity contribution in [1.82, 2.24) is 25.3 Å². The van der Waals surface area contributed by atoms with Crippen molar-refractivity contribution in [2.45, 2.75) is 38.8 Å². The fourth-order valence-corrected chi connectivity index (χ4v) is 5.02. The molecule has 3 heterocycles. The van der Waals surface area contributed by atoms with Gasteiger partial charge in [-0.15, -0.1) is 0 Å². The maximum absolute atomic E-state index is 13.1. The fourth-order valence-electron chi connectivity index (χ4n) is 5.02. The summed E-state index contributed by atoms with van der Waals surface area (Å²) in [5, 5.41) is 10.5. The van der Waals surface area contributed by atoms with Crippen LogP contribution in [0.2, 0.25) is 0 Å². The average Bonchev–Trinajstić information content (AvgIpc) is 3.00. The molecule has 3 aromatic heterocycles. The number of nitrogens with one attached hydrogen (secondary N) is 1. The average molecular weight is 561 g/mol. The van der Waals surface area contributed by atoms with Crippen LogP contribution in [0, 0.1) is 0 Å². The van der Waals surface area contributed by atoms with E-state index in [0.717, 1.165) is 33.3 Å². The molecule has 0 saturated carbocycles. The lowest BCUT2D eigenvalue weighted by Crippen LogP contribution is -2.44. The smallest absolute Gasteiger partial charge is 0.408 e. The minimum atomic E-state index is -0.966. The van der Waals surface area contributed by atoms with Crippen molar-refractivity contribution in [3.63, 3.8) is 0 Å². The number of hydrogen-bond acceptors (Lipinski definition) is 6. The van der Waals surface area contributed by atoms with E-state index >= 15 is 0 Å². The molecule has 2 aromatic carbocycles. The minimum absolute atomic E-state index is 0.268. The molecule has 0 bridgehead atoms. The zero-order chi connectivity index (χ0) is 29.9. The number of carbonyl (C=O) groups is 2. The van der Waals surface area contributed by atoms with Gasteiger partial charge in [-0.1, -0.05) is 54.6 Å². The molecule has 0 radical (unpaired) electrons. The van der Waals surface area contributed by atoms with E-state index in [9.17, 15) is 14.7 Å². The highest BCUT2D eigenvalue weighted by molar-refractivity contribution is 5.97. The van der Waals surface area contributed by atoms with Crippen LogP contribution in [0.5, 0.6) is 0 Å². The maximum Gasteiger partial charge on any atom is 0.408 e. The van der Waals surface area contributed by atoms with E-state index in [1.807, 2.05) is 87.5 Å². The third-order valence-electron chi connectivity index (χ3n) is 7.18. The molecule has 42 heavy (non-hydrogen) atoms. The first-order chi connectivity index (χ1) is 20.2. The molecule has 4 N–H and O–H groups in total. The van der Waals surface area contributed by atoms with E-state index < -0.39 is 23.5 Å². The van der Waals surface area contributed by atoms with Gasteiger partial charge in [0.25, 0.3) is 0 Å². The maximum atomic E-state index is 13.1. The highest BCUT2D eigenvalue weighted by atomic mass is 16.4. The van der Waals surface area contributed by atoms with Crippen molar-refractivity contribution in [2.24, 2.45) is 5.84 Å². The van der Waals surface area contributed by atoms with Gasteiger partial charge >= 0.3 is 6.09 Å². The number of nitrogens with two attached hydrogens (primary N) is 1. The molecular formula is C33H32N6O3. The lowest BCUT2D eigenvalue weighted by Gasteiger charge is -2.33. The summed E-state index contributed by atoms with van der Waals surface area (Å²) in [7, 11) is 0. The topological polar surface area (TPSA) is 134 Å². The van der Waals surface area contributed by atoms with Gasteiger partial charge in [0.05, 0.1) is 16.9 Å². The Hall–Kier alpha value is -5.15. The summed E-state index contributed by atoms with van der Waals surface area (Å²) >= 11 is 0. The number of aromatic nitrogens is 3. The van der Waals surface area contributed by atoms with Crippen LogP contribution >= 0.6 is 0 Å². The van der Waals surface area contributed by atoms with Crippen molar-refractivity contribution >= 4 is 22.9 Å². The first-order valence-corrected chi connectivity index (χ1v) is 13.5. The van der Waals surface area contributed by atoms with Crippen molar-refractivity contribution in [3.05, 3.63) is 114 Å². The zero-order valence-electron chi connectivity index (χ0n) is 23.7. The Labute approximate surface area is 244 Å². The SMILES string of the molecule is CC(C)(C)N(Cc1ccc(-c2nc3ccnc(C(C(=O)NN)c4ccncc4)c3cc2-c2ccccc2)cc1)C(=O)O. The van der Waals surface area contributed by atoms with E-state index in [0.29, 0.717) is 16.8 Å². The molecule has 9 nitrogen and oxygen atoms in total. The first kappa shape index (κ1) is 28.4. The summed E-state index contributed by atoms with van der Waals surface area (Å²) < 4.78 is 0. The number of fused-ring (bicyclic) bond motifs is 1. The van der Waals surface area contributed by atoms with Gasteiger partial charge in [0.1, 0.15) is 5.92 Å². The molecule has 1 unspecified atom stereocenters. The molecule has 0 aliphatic carbocycles. The molecule has 0 aliphatic rings. The number of nitrogens with zero attached hydrogens (tertiary/aromatic N) is 4. The van der Waals surface area contributed by atoms with Gasteiger partial charge < -0.3 is 5.11 Å². The summed E-state index contributed by atoms with van der Waals surface area (Å²) in [5.41, 5.74) is 7.99. The zero-order valence-corrected chi connectivity index (χ0v) is 23.7. The van der Waals surface area contributed by atoms with E-state index in [1.165, 1.54) is 4.90 Å². The van der Waals surface area contributed by atoms with Gasteiger partial charge in [0.15, 0.2) is 0 Å². The van der Waals surface area contributed by atoms with Gasteiger partial charge in [-0.2, -0.15) is 0 Å². The van der Waals surface area contributed by atoms with Crippen molar-refractivity contribution < 1.29 is 14.7 Å². The molecule has 2 amide bonds. The molecule has 1 atom stereocenters. The van der Waals surface area contributed by atoms with E-state index in [-0.39, 0.29) is 6.54 Å². The van der Waals surface area contributed by atoms with Crippen LogP contribution in [0.1, 0.15) is 43.5 Å². The van der Waals surface area contributed by atoms with Crippen LogP contribution in [-0.2, 0) is 11.3 Å². The number of benzene rings is 2. The number of pyridine rings is 3. The van der Waals surface area contributed by atoms with Crippen LogP contribution in [0.3, 0.4) is 0 Å². The van der Waals surface area contributed by atoms with E-state index in [1.54, 1.807) is 30.7 Å². The number of hydrogen-bond donors (Lipinski definition) is 3. The molecule has 0 aliphatic heterocycles. The molecule has 9 heteroatoms. The second-order valence-electron chi connectivity index (χ2n) is 11.0. The van der Waals surface area contributed by atoms with Crippen molar-refractivity contribution in [3.8, 4) is 22.4 Å². The normalized spacial score (nSPS) is 12.1. The third kappa shape index (κ3) is 5.82. The highest BCUT2D eigenvalue weighted by Gasteiger charge is 2.28. The number of amides is 2. The van der Waals surface area contributed by atoms with Crippen LogP contribution in [0.4, 0.5) is 4.79 Å². The largest absolute Gasteiger partial charge is 0.465 e. The van der Waals surface area contributed by atoms with Crippen LogP contribution in [-0.4, -0.2) is 42.5 Å². The third-order valence-corrected chi connectivity index (χ3v) is 7.18. The second kappa shape index (κ2) is 11.8. The minimum Gasteiger partial charge on any atom is -0.465 e. The first-order valence-electron chi connectivity index (χ1n) is 13.5. The molecule has 5 aromatic rings. The molecule has 5 rings (SSSR count). The highest BCUT2D eigenvalue weighted by Crippen LogP contribution is 2.37. The standard InChI is InChI=1S/C33H32N6O3/c1-33(2,3)39(32(41)42)20-21-9-11-24(12-10-21)29-25(22-7-5-4-6-8-22)19-26-27(37-29)15-18-36-30(26)28(31(40)38-34)23-13-16-35-17-14-23/h4-19,28H,20,34H2,1-3H3,(H,38,40)(H,41,42). The van der Waals surface area contributed by atoms with Crippen molar-refractivity contribution in [2.75, 3.05) is 0 Å². The summed E-state index contributed by atoms with van der Waals surface area (Å²) in [4.78, 5) is 40.1. The molecule has 212 valence electrons. The van der Waals surface area contributed by atoms with Gasteiger partial charge in [0.2, 0.25) is 5.91 Å². The molecule has 0 saturated heterocycles. The number of hydrazine groups is 1. The van der Waals surface area contributed by atoms with Gasteiger partial charge in [0, 0.05) is 47.2 Å². The summed E-state index contributed by atoms with van der Waals surface area (Å²) in [5.74, 6) is 4.44. The van der Waals surface area contributed by atoms with Gasteiger partial charge in [-0.25, -0.2) is 15.6 Å². The molecular weight excluding hydrogens is 528 g/mol. The van der Waals surface area contributed by atoms with E-state index in [2.05, 4.69) is 15.4 Å². The molecule has 0 fully saturated rings. The Bertz CT molecular complexity index is 1720. The Morgan fingerprint density at radius 1 is 0.929 bits per heavy atom. The predicted octanol–water partition coefficient (Wildman–Crippen LogP) is 5.76. The summed E-state index contributed by atoms with van der Waals surface area (Å²) in [6.45, 7) is 5.89. The number of carboxylic acid groups (broad SMARTS) is 1.